The first-order chi connectivity index (χ1) is 7.68. The zero-order valence-electron chi connectivity index (χ0n) is 9.96. The van der Waals surface area contributed by atoms with Gasteiger partial charge in [-0.05, 0) is 6.07 Å². The molecule has 0 unspecified atom stereocenters. The fourth-order valence-electron chi connectivity index (χ4n) is 1.71. The highest BCUT2D eigenvalue weighted by molar-refractivity contribution is 5.62. The van der Waals surface area contributed by atoms with Gasteiger partial charge in [-0.1, -0.05) is 0 Å². The van der Waals surface area contributed by atoms with E-state index in [0.717, 1.165) is 0 Å². The molecule has 0 bridgehead atoms. The summed E-state index contributed by atoms with van der Waals surface area (Å²) in [6, 6.07) is 6.17. The number of hydrogen-bond donors (Lipinski definition) is 0. The van der Waals surface area contributed by atoms with E-state index in [1.54, 1.807) is 0 Å². The summed E-state index contributed by atoms with van der Waals surface area (Å²) in [5, 5.41) is 0. The Morgan fingerprint density at radius 1 is 1.06 bits per heavy atom. The monoisotopic (exact) mass is 215 g/mol. The molecule has 0 saturated heterocycles. The largest absolute Gasteiger partial charge is 0.281 e. The Hall–Kier alpha value is -1.90. The number of rotatable bonds is 2. The molecule has 2 rings (SSSR count). The van der Waals surface area contributed by atoms with Crippen LogP contribution in [0, 0.1) is 0 Å². The smallest absolute Gasteiger partial charge is 0.233 e. The van der Waals surface area contributed by atoms with Crippen molar-refractivity contribution in [2.24, 2.45) is 21.1 Å². The van der Waals surface area contributed by atoms with Crippen LogP contribution in [0.1, 0.15) is 11.5 Å². The number of hydrogen-bond acceptors (Lipinski definition) is 0. The second-order valence-electron chi connectivity index (χ2n) is 3.95. The van der Waals surface area contributed by atoms with Crippen LogP contribution in [0.3, 0.4) is 0 Å². The molecule has 0 saturated carbocycles. The van der Waals surface area contributed by atoms with Gasteiger partial charge in [-0.25, -0.2) is 13.7 Å². The summed E-state index contributed by atoms with van der Waals surface area (Å²) in [4.78, 5) is 0. The van der Waals surface area contributed by atoms with Gasteiger partial charge in [0.15, 0.2) is 6.20 Å². The minimum Gasteiger partial charge on any atom is -0.233 e. The lowest BCUT2D eigenvalue weighted by molar-refractivity contribution is -0.674. The molecule has 3 nitrogen and oxygen atoms in total. The number of aromatic nitrogens is 3. The van der Waals surface area contributed by atoms with Gasteiger partial charge in [-0.3, -0.25) is 0 Å². The summed E-state index contributed by atoms with van der Waals surface area (Å²) in [5.41, 5.74) is 1.18. The SMILES string of the molecule is Cn1cc[n+](C)c1C=Cc1cccc[n+]1C. The lowest BCUT2D eigenvalue weighted by Crippen LogP contribution is -2.31. The topological polar surface area (TPSA) is 12.7 Å². The van der Waals surface area contributed by atoms with E-state index in [1.165, 1.54) is 11.5 Å². The van der Waals surface area contributed by atoms with Crippen LogP contribution >= 0.6 is 0 Å². The van der Waals surface area contributed by atoms with E-state index in [2.05, 4.69) is 31.9 Å². The Morgan fingerprint density at radius 2 is 1.88 bits per heavy atom. The third-order valence-corrected chi connectivity index (χ3v) is 2.73. The van der Waals surface area contributed by atoms with Crippen molar-refractivity contribution in [1.82, 2.24) is 4.57 Å². The van der Waals surface area contributed by atoms with Crippen LogP contribution in [-0.2, 0) is 21.1 Å². The van der Waals surface area contributed by atoms with Crippen LogP contribution < -0.4 is 9.13 Å². The highest BCUT2D eigenvalue weighted by Crippen LogP contribution is 2.00. The molecular weight excluding hydrogens is 198 g/mol. The van der Waals surface area contributed by atoms with Gasteiger partial charge in [-0.2, -0.15) is 0 Å². The number of pyridine rings is 1. The summed E-state index contributed by atoms with van der Waals surface area (Å²) in [6.07, 6.45) is 10.4. The normalized spacial score (nSPS) is 11.2. The molecule has 2 aromatic heterocycles. The molecule has 2 heterocycles. The first-order valence-electron chi connectivity index (χ1n) is 5.32. The zero-order chi connectivity index (χ0) is 11.5. The molecule has 0 N–H and O–H groups in total. The van der Waals surface area contributed by atoms with E-state index < -0.39 is 0 Å². The van der Waals surface area contributed by atoms with Crippen LogP contribution in [0.15, 0.2) is 36.8 Å². The quantitative estimate of drug-likeness (QED) is 0.659. The van der Waals surface area contributed by atoms with Gasteiger partial charge in [0.05, 0.1) is 14.1 Å². The fraction of sp³-hybridized carbons (Fsp3) is 0.231. The lowest BCUT2D eigenvalue weighted by Gasteiger charge is -1.93. The maximum Gasteiger partial charge on any atom is 0.281 e. The van der Waals surface area contributed by atoms with Gasteiger partial charge in [0.1, 0.15) is 19.4 Å². The average molecular weight is 215 g/mol. The van der Waals surface area contributed by atoms with Crippen LogP contribution in [0.2, 0.25) is 0 Å². The van der Waals surface area contributed by atoms with Crippen molar-refractivity contribution in [2.75, 3.05) is 0 Å². The minimum atomic E-state index is 1.17. The van der Waals surface area contributed by atoms with Crippen LogP contribution in [0.25, 0.3) is 12.2 Å². The summed E-state index contributed by atoms with van der Waals surface area (Å²) >= 11 is 0. The number of aryl methyl sites for hydroxylation is 3. The Kier molecular flexibility index (Phi) is 2.86. The van der Waals surface area contributed by atoms with Crippen LogP contribution in [0.4, 0.5) is 0 Å². The summed E-state index contributed by atoms with van der Waals surface area (Å²) < 4.78 is 6.29. The van der Waals surface area contributed by atoms with Gasteiger partial charge in [0, 0.05) is 24.3 Å². The van der Waals surface area contributed by atoms with Gasteiger partial charge >= 0.3 is 0 Å². The van der Waals surface area contributed by atoms with E-state index in [1.807, 2.05) is 51.9 Å². The molecule has 0 spiro atoms. The van der Waals surface area contributed by atoms with Gasteiger partial charge in [0.25, 0.3) is 5.82 Å². The fourth-order valence-corrected chi connectivity index (χ4v) is 1.71. The lowest BCUT2D eigenvalue weighted by atomic mass is 10.3. The van der Waals surface area contributed by atoms with Gasteiger partial charge < -0.3 is 0 Å². The van der Waals surface area contributed by atoms with E-state index in [-0.39, 0.29) is 0 Å². The molecule has 0 aliphatic heterocycles. The van der Waals surface area contributed by atoms with Crippen molar-refractivity contribution in [1.29, 1.82) is 0 Å². The predicted octanol–water partition coefficient (Wildman–Crippen LogP) is 0.844. The van der Waals surface area contributed by atoms with Crippen LogP contribution in [-0.4, -0.2) is 4.57 Å². The van der Waals surface area contributed by atoms with Crippen molar-refractivity contribution in [3.05, 3.63) is 48.3 Å². The summed E-state index contributed by atoms with van der Waals surface area (Å²) in [6.45, 7) is 0. The molecule has 0 amide bonds. The Labute approximate surface area is 95.9 Å². The van der Waals surface area contributed by atoms with E-state index in [0.29, 0.717) is 0 Å². The molecule has 3 heteroatoms. The third kappa shape index (κ3) is 2.03. The van der Waals surface area contributed by atoms with Crippen LogP contribution in [0.5, 0.6) is 0 Å². The number of imidazole rings is 1. The maximum absolute atomic E-state index is 2.12. The molecule has 0 fully saturated rings. The van der Waals surface area contributed by atoms with Crippen molar-refractivity contribution < 1.29 is 9.13 Å². The van der Waals surface area contributed by atoms with Crippen molar-refractivity contribution >= 4 is 12.2 Å². The molecule has 0 atom stereocenters. The van der Waals surface area contributed by atoms with Crippen molar-refractivity contribution in [2.45, 2.75) is 0 Å². The molecular formula is C13H17N3+2. The van der Waals surface area contributed by atoms with E-state index in [4.69, 9.17) is 0 Å². The van der Waals surface area contributed by atoms with E-state index in [9.17, 15) is 0 Å². The molecule has 82 valence electrons. The predicted molar refractivity (Wildman–Crippen MR) is 63.1 cm³/mol. The van der Waals surface area contributed by atoms with Gasteiger partial charge in [-0.15, -0.1) is 0 Å². The Morgan fingerprint density at radius 3 is 2.50 bits per heavy atom. The van der Waals surface area contributed by atoms with Crippen molar-refractivity contribution in [3.63, 3.8) is 0 Å². The first-order valence-corrected chi connectivity index (χ1v) is 5.32. The van der Waals surface area contributed by atoms with Gasteiger partial charge in [0.2, 0.25) is 5.69 Å². The molecule has 2 aromatic rings. The third-order valence-electron chi connectivity index (χ3n) is 2.73. The number of nitrogens with zero attached hydrogens (tertiary/aromatic N) is 3. The Balaban J connectivity index is 2.32. The molecule has 0 aliphatic carbocycles. The Bertz CT molecular complexity index is 504. The second kappa shape index (κ2) is 4.31. The maximum atomic E-state index is 2.12. The van der Waals surface area contributed by atoms with Crippen molar-refractivity contribution in [3.8, 4) is 0 Å². The summed E-state index contributed by atoms with van der Waals surface area (Å²) in [5.74, 6) is 1.17. The molecule has 0 radical (unpaired) electrons. The molecule has 0 aromatic carbocycles. The zero-order valence-corrected chi connectivity index (χ0v) is 9.96. The molecule has 0 aliphatic rings. The average Bonchev–Trinajstić information content (AvgIpc) is 2.58. The highest BCUT2D eigenvalue weighted by Gasteiger charge is 2.07. The van der Waals surface area contributed by atoms with E-state index >= 15 is 0 Å². The minimum absolute atomic E-state index is 1.17. The highest BCUT2D eigenvalue weighted by atomic mass is 15.1. The first kappa shape index (κ1) is 10.6. The molecule has 16 heavy (non-hydrogen) atoms. The standard InChI is InChI=1S/C13H17N3/c1-14-9-5-4-6-12(14)7-8-13-15(2)10-11-16(13)3/h4-11H,1-3H3/q+2. The summed E-state index contributed by atoms with van der Waals surface area (Å²) in [7, 11) is 6.14. The second-order valence-corrected chi connectivity index (χ2v) is 3.95.